The Hall–Kier alpha value is -0.290. The van der Waals surface area contributed by atoms with Gasteiger partial charge in [0.15, 0.2) is 0 Å². The Labute approximate surface area is 113 Å². The minimum atomic E-state index is -4.15. The molecule has 0 aromatic heterocycles. The van der Waals surface area contributed by atoms with Crippen LogP contribution in [0.1, 0.15) is 39.0 Å². The minimum absolute atomic E-state index is 0.0563. The largest absolute Gasteiger partial charge is 0.393 e. The number of alkyl halides is 3. The van der Waals surface area contributed by atoms with E-state index in [4.69, 9.17) is 0 Å². The van der Waals surface area contributed by atoms with Crippen molar-refractivity contribution in [2.45, 2.75) is 57.3 Å². The Morgan fingerprint density at radius 2 is 1.79 bits per heavy atom. The van der Waals surface area contributed by atoms with Gasteiger partial charge in [0, 0.05) is 12.6 Å². The normalized spacial score (nSPS) is 40.3. The number of hydrogen-bond donors (Lipinski definition) is 1. The van der Waals surface area contributed by atoms with Gasteiger partial charge in [0.1, 0.15) is 0 Å². The highest BCUT2D eigenvalue weighted by molar-refractivity contribution is 4.91. The highest BCUT2D eigenvalue weighted by Gasteiger charge is 2.48. The second kappa shape index (κ2) is 5.60. The van der Waals surface area contributed by atoms with E-state index in [0.29, 0.717) is 11.8 Å². The molecule has 5 heteroatoms. The van der Waals surface area contributed by atoms with Crippen LogP contribution < -0.4 is 0 Å². The van der Waals surface area contributed by atoms with Crippen LogP contribution in [0.2, 0.25) is 0 Å². The van der Waals surface area contributed by atoms with Crippen LogP contribution in [0, 0.1) is 17.8 Å². The fourth-order valence-corrected chi connectivity index (χ4v) is 3.75. The fourth-order valence-electron chi connectivity index (χ4n) is 3.75. The number of nitrogens with zero attached hydrogens (tertiary/aromatic N) is 1. The van der Waals surface area contributed by atoms with Gasteiger partial charge in [0.2, 0.25) is 0 Å². The molecular weight excluding hydrogens is 255 g/mol. The van der Waals surface area contributed by atoms with E-state index in [-0.39, 0.29) is 19.3 Å². The first-order valence-electron chi connectivity index (χ1n) is 7.22. The molecule has 0 spiro atoms. The van der Waals surface area contributed by atoms with Crippen molar-refractivity contribution in [2.24, 2.45) is 17.8 Å². The van der Waals surface area contributed by atoms with Crippen molar-refractivity contribution in [3.63, 3.8) is 0 Å². The fraction of sp³-hybridized carbons (Fsp3) is 1.00. The molecule has 2 rings (SSSR count). The Morgan fingerprint density at radius 1 is 1.16 bits per heavy atom. The van der Waals surface area contributed by atoms with Crippen LogP contribution in [0.4, 0.5) is 13.2 Å². The summed E-state index contributed by atoms with van der Waals surface area (Å²) in [6.07, 6.45) is -1.90. The molecule has 2 nitrogen and oxygen atoms in total. The van der Waals surface area contributed by atoms with Gasteiger partial charge in [-0.05, 0) is 51.0 Å². The topological polar surface area (TPSA) is 23.5 Å². The van der Waals surface area contributed by atoms with Crippen molar-refractivity contribution in [1.82, 2.24) is 4.90 Å². The maximum absolute atomic E-state index is 13.1. The molecule has 112 valence electrons. The van der Waals surface area contributed by atoms with Gasteiger partial charge in [-0.2, -0.15) is 13.2 Å². The zero-order valence-corrected chi connectivity index (χ0v) is 11.7. The molecule has 2 fully saturated rings. The lowest BCUT2D eigenvalue weighted by Crippen LogP contribution is -2.51. The third-order valence-electron chi connectivity index (χ3n) is 4.79. The van der Waals surface area contributed by atoms with Crippen LogP contribution in [-0.2, 0) is 0 Å². The summed E-state index contributed by atoms with van der Waals surface area (Å²) in [7, 11) is 1.78. The zero-order chi connectivity index (χ0) is 14.2. The molecule has 19 heavy (non-hydrogen) atoms. The highest BCUT2D eigenvalue weighted by Crippen LogP contribution is 2.41. The Balaban J connectivity index is 1.96. The van der Waals surface area contributed by atoms with E-state index in [2.05, 4.69) is 6.92 Å². The summed E-state index contributed by atoms with van der Waals surface area (Å²) in [6.45, 7) is 2.91. The van der Waals surface area contributed by atoms with Crippen LogP contribution in [-0.4, -0.2) is 41.9 Å². The van der Waals surface area contributed by atoms with Gasteiger partial charge in [-0.15, -0.1) is 0 Å². The monoisotopic (exact) mass is 279 g/mol. The predicted octanol–water partition coefficient (Wildman–Crippen LogP) is 3.06. The van der Waals surface area contributed by atoms with Crippen molar-refractivity contribution < 1.29 is 18.3 Å². The Kier molecular flexibility index (Phi) is 4.45. The maximum atomic E-state index is 13.1. The molecule has 3 unspecified atom stereocenters. The van der Waals surface area contributed by atoms with Crippen molar-refractivity contribution in [3.8, 4) is 0 Å². The van der Waals surface area contributed by atoms with Crippen LogP contribution in [0.3, 0.4) is 0 Å². The number of aliphatic hydroxyl groups excluding tert-OH is 1. The van der Waals surface area contributed by atoms with Crippen LogP contribution in [0.5, 0.6) is 0 Å². The molecule has 2 saturated carbocycles. The third-order valence-corrected chi connectivity index (χ3v) is 4.79. The average molecular weight is 279 g/mol. The van der Waals surface area contributed by atoms with Crippen molar-refractivity contribution in [1.29, 1.82) is 0 Å². The first-order valence-corrected chi connectivity index (χ1v) is 7.22. The second-order valence-corrected chi connectivity index (χ2v) is 6.56. The number of rotatable bonds is 3. The summed E-state index contributed by atoms with van der Waals surface area (Å²) in [6, 6.07) is -0.556. The smallest absolute Gasteiger partial charge is 0.393 e. The van der Waals surface area contributed by atoms with E-state index >= 15 is 0 Å². The van der Waals surface area contributed by atoms with E-state index in [1.807, 2.05) is 4.90 Å². The molecule has 0 amide bonds. The lowest BCUT2D eigenvalue weighted by atomic mass is 9.75. The lowest BCUT2D eigenvalue weighted by molar-refractivity contribution is -0.204. The van der Waals surface area contributed by atoms with Crippen LogP contribution in [0.15, 0.2) is 0 Å². The van der Waals surface area contributed by atoms with Gasteiger partial charge in [0.25, 0.3) is 0 Å². The van der Waals surface area contributed by atoms with Crippen molar-refractivity contribution in [2.75, 3.05) is 13.6 Å². The molecule has 2 aliphatic rings. The van der Waals surface area contributed by atoms with Gasteiger partial charge in [-0.25, -0.2) is 0 Å². The molecular formula is C14H24F3NO. The van der Waals surface area contributed by atoms with Gasteiger partial charge >= 0.3 is 6.18 Å². The molecule has 2 aliphatic carbocycles. The molecule has 0 radical (unpaired) electrons. The van der Waals surface area contributed by atoms with Gasteiger partial charge in [0.05, 0.1) is 12.0 Å². The Morgan fingerprint density at radius 3 is 2.32 bits per heavy atom. The molecule has 3 atom stereocenters. The molecule has 1 N–H and O–H groups in total. The van der Waals surface area contributed by atoms with E-state index < -0.39 is 24.2 Å². The predicted molar refractivity (Wildman–Crippen MR) is 67.7 cm³/mol. The molecule has 0 aromatic rings. The molecule has 0 heterocycles. The summed E-state index contributed by atoms with van der Waals surface area (Å²) in [5, 5.41) is 9.67. The van der Waals surface area contributed by atoms with Gasteiger partial charge in [-0.3, -0.25) is 0 Å². The summed E-state index contributed by atoms with van der Waals surface area (Å²) in [5.74, 6) is -0.0277. The first kappa shape index (κ1) is 15.1. The first-order chi connectivity index (χ1) is 8.77. The number of halogens is 3. The number of aliphatic hydroxyl groups is 1. The standard InChI is InChI=1S/C14H24F3NO/c1-9-5-10(6-9)8-18(2)13-7-11(19)3-4-12(13)14(15,16)17/h9-13,19H,3-8H2,1-2H3. The SMILES string of the molecule is CC1CC(CN(C)C2CC(O)CCC2C(F)(F)F)C1. The summed E-state index contributed by atoms with van der Waals surface area (Å²) >= 11 is 0. The molecule has 0 aromatic carbocycles. The van der Waals surface area contributed by atoms with Crippen LogP contribution in [0.25, 0.3) is 0 Å². The van der Waals surface area contributed by atoms with Crippen molar-refractivity contribution >= 4 is 0 Å². The lowest BCUT2D eigenvalue weighted by Gasteiger charge is -2.44. The summed E-state index contributed by atoms with van der Waals surface area (Å²) in [5.41, 5.74) is 0. The zero-order valence-electron chi connectivity index (χ0n) is 11.7. The highest BCUT2D eigenvalue weighted by atomic mass is 19.4. The van der Waals surface area contributed by atoms with E-state index in [1.165, 1.54) is 0 Å². The van der Waals surface area contributed by atoms with E-state index in [9.17, 15) is 18.3 Å². The quantitative estimate of drug-likeness (QED) is 0.858. The maximum Gasteiger partial charge on any atom is 0.393 e. The van der Waals surface area contributed by atoms with Gasteiger partial charge in [-0.1, -0.05) is 6.92 Å². The van der Waals surface area contributed by atoms with Crippen LogP contribution >= 0.6 is 0 Å². The number of hydrogen-bond acceptors (Lipinski definition) is 2. The molecule has 0 aliphatic heterocycles. The Bertz CT molecular complexity index is 302. The third kappa shape index (κ3) is 3.63. The van der Waals surface area contributed by atoms with E-state index in [1.54, 1.807) is 7.05 Å². The molecule has 0 bridgehead atoms. The summed E-state index contributed by atoms with van der Waals surface area (Å²) in [4.78, 5) is 1.84. The van der Waals surface area contributed by atoms with Crippen molar-refractivity contribution in [3.05, 3.63) is 0 Å². The molecule has 0 saturated heterocycles. The van der Waals surface area contributed by atoms with E-state index in [0.717, 1.165) is 19.4 Å². The second-order valence-electron chi connectivity index (χ2n) is 6.56. The minimum Gasteiger partial charge on any atom is -0.393 e. The summed E-state index contributed by atoms with van der Waals surface area (Å²) < 4.78 is 39.2. The van der Waals surface area contributed by atoms with Gasteiger partial charge < -0.3 is 10.0 Å². The average Bonchev–Trinajstić information content (AvgIpc) is 2.25.